The van der Waals surface area contributed by atoms with Crippen molar-refractivity contribution < 1.29 is 17.9 Å². The lowest BCUT2D eigenvalue weighted by atomic mass is 10.2. The number of benzene rings is 2. The minimum absolute atomic E-state index is 0.211. The number of hydrogen-bond acceptors (Lipinski definition) is 4. The molecule has 0 spiro atoms. The van der Waals surface area contributed by atoms with Crippen molar-refractivity contribution in [2.45, 2.75) is 11.4 Å². The zero-order chi connectivity index (χ0) is 15.8. The van der Waals surface area contributed by atoms with Crippen LogP contribution in [0.15, 0.2) is 59.5 Å². The molecule has 22 heavy (non-hydrogen) atoms. The standard InChI is InChI=1S/C16H19NO4S/c1-20-11-12-21-15-7-9-16(10-8-15)22(18,19)17-13-14-5-3-2-4-6-14/h2-10,17H,11-13H2,1H3. The summed E-state index contributed by atoms with van der Waals surface area (Å²) in [6.45, 7) is 1.17. The van der Waals surface area contributed by atoms with E-state index in [9.17, 15) is 8.42 Å². The van der Waals surface area contributed by atoms with Crippen LogP contribution in [0.5, 0.6) is 5.75 Å². The SMILES string of the molecule is COCCOc1ccc(S(=O)(=O)NCc2ccccc2)cc1. The van der Waals surface area contributed by atoms with Gasteiger partial charge in [0.25, 0.3) is 0 Å². The monoisotopic (exact) mass is 321 g/mol. The van der Waals surface area contributed by atoms with Crippen LogP contribution in [-0.4, -0.2) is 28.7 Å². The Labute approximate surface area is 130 Å². The second-order valence-corrected chi connectivity index (χ2v) is 6.39. The van der Waals surface area contributed by atoms with E-state index in [2.05, 4.69) is 4.72 Å². The molecule has 2 aromatic rings. The molecule has 0 unspecified atom stereocenters. The van der Waals surface area contributed by atoms with Gasteiger partial charge in [0.1, 0.15) is 12.4 Å². The van der Waals surface area contributed by atoms with Crippen LogP contribution in [0, 0.1) is 0 Å². The maximum absolute atomic E-state index is 12.2. The summed E-state index contributed by atoms with van der Waals surface area (Å²) in [5.41, 5.74) is 0.908. The third-order valence-corrected chi connectivity index (χ3v) is 4.42. The first-order valence-electron chi connectivity index (χ1n) is 6.87. The van der Waals surface area contributed by atoms with E-state index < -0.39 is 10.0 Å². The predicted molar refractivity (Wildman–Crippen MR) is 84.3 cm³/mol. The topological polar surface area (TPSA) is 64.6 Å². The molecular weight excluding hydrogens is 302 g/mol. The highest BCUT2D eigenvalue weighted by Crippen LogP contribution is 2.16. The fourth-order valence-corrected chi connectivity index (χ4v) is 2.83. The quantitative estimate of drug-likeness (QED) is 0.757. The van der Waals surface area contributed by atoms with Crippen LogP contribution in [0.25, 0.3) is 0 Å². The molecule has 0 heterocycles. The molecule has 2 rings (SSSR count). The van der Waals surface area contributed by atoms with E-state index in [0.29, 0.717) is 19.0 Å². The first-order chi connectivity index (χ1) is 10.6. The third kappa shape index (κ3) is 4.84. The van der Waals surface area contributed by atoms with E-state index in [1.807, 2.05) is 30.3 Å². The van der Waals surface area contributed by atoms with Gasteiger partial charge >= 0.3 is 0 Å². The number of hydrogen-bond donors (Lipinski definition) is 1. The maximum atomic E-state index is 12.2. The average molecular weight is 321 g/mol. The van der Waals surface area contributed by atoms with Gasteiger partial charge in [-0.2, -0.15) is 0 Å². The van der Waals surface area contributed by atoms with E-state index in [4.69, 9.17) is 9.47 Å². The molecule has 0 aliphatic carbocycles. The minimum atomic E-state index is -3.53. The van der Waals surface area contributed by atoms with Gasteiger partial charge in [-0.05, 0) is 29.8 Å². The van der Waals surface area contributed by atoms with E-state index in [1.165, 1.54) is 12.1 Å². The number of methoxy groups -OCH3 is 1. The van der Waals surface area contributed by atoms with Crippen molar-refractivity contribution in [2.24, 2.45) is 0 Å². The summed E-state index contributed by atoms with van der Waals surface area (Å²) in [5, 5.41) is 0. The smallest absolute Gasteiger partial charge is 0.240 e. The number of sulfonamides is 1. The fourth-order valence-electron chi connectivity index (χ4n) is 1.82. The molecule has 1 N–H and O–H groups in total. The third-order valence-electron chi connectivity index (χ3n) is 3.00. The molecule has 5 nitrogen and oxygen atoms in total. The highest BCUT2D eigenvalue weighted by Gasteiger charge is 2.13. The summed E-state index contributed by atoms with van der Waals surface area (Å²) < 4.78 is 37.3. The zero-order valence-electron chi connectivity index (χ0n) is 12.4. The molecule has 0 radical (unpaired) electrons. The van der Waals surface area contributed by atoms with Crippen LogP contribution in [0.2, 0.25) is 0 Å². The van der Waals surface area contributed by atoms with Crippen LogP contribution in [0.3, 0.4) is 0 Å². The van der Waals surface area contributed by atoms with Crippen molar-refractivity contribution in [1.29, 1.82) is 0 Å². The second-order valence-electron chi connectivity index (χ2n) is 4.62. The Morgan fingerprint density at radius 2 is 1.64 bits per heavy atom. The molecule has 118 valence electrons. The Hall–Kier alpha value is -1.89. The predicted octanol–water partition coefficient (Wildman–Crippen LogP) is 2.19. The first kappa shape index (κ1) is 16.5. The molecule has 0 atom stereocenters. The summed E-state index contributed by atoms with van der Waals surface area (Å²) in [6, 6.07) is 15.7. The molecule has 0 saturated heterocycles. The lowest BCUT2D eigenvalue weighted by Gasteiger charge is -2.09. The normalized spacial score (nSPS) is 11.3. The van der Waals surface area contributed by atoms with Gasteiger partial charge in [0, 0.05) is 13.7 Å². The Morgan fingerprint density at radius 1 is 0.955 bits per heavy atom. The molecule has 0 aliphatic rings. The van der Waals surface area contributed by atoms with E-state index in [0.717, 1.165) is 5.56 Å². The van der Waals surface area contributed by atoms with E-state index in [1.54, 1.807) is 19.2 Å². The molecule has 2 aromatic carbocycles. The molecular formula is C16H19NO4S. The van der Waals surface area contributed by atoms with E-state index in [-0.39, 0.29) is 11.4 Å². The number of rotatable bonds is 8. The number of nitrogens with one attached hydrogen (secondary N) is 1. The van der Waals surface area contributed by atoms with Crippen molar-refractivity contribution in [1.82, 2.24) is 4.72 Å². The van der Waals surface area contributed by atoms with Crippen LogP contribution in [0.1, 0.15) is 5.56 Å². The Bertz CT molecular complexity index is 669. The van der Waals surface area contributed by atoms with Gasteiger partial charge in [0.2, 0.25) is 10.0 Å². The Morgan fingerprint density at radius 3 is 2.27 bits per heavy atom. The number of ether oxygens (including phenoxy) is 2. The Balaban J connectivity index is 1.97. The maximum Gasteiger partial charge on any atom is 0.240 e. The van der Waals surface area contributed by atoms with Gasteiger partial charge in [-0.3, -0.25) is 0 Å². The Kier molecular flexibility index (Phi) is 5.94. The van der Waals surface area contributed by atoms with Crippen molar-refractivity contribution >= 4 is 10.0 Å². The van der Waals surface area contributed by atoms with Crippen LogP contribution >= 0.6 is 0 Å². The molecule has 0 aromatic heterocycles. The minimum Gasteiger partial charge on any atom is -0.491 e. The summed E-state index contributed by atoms with van der Waals surface area (Å²) in [7, 11) is -1.94. The van der Waals surface area contributed by atoms with Crippen molar-refractivity contribution in [3.63, 3.8) is 0 Å². The summed E-state index contributed by atoms with van der Waals surface area (Å²) in [4.78, 5) is 0.211. The van der Waals surface area contributed by atoms with Crippen molar-refractivity contribution in [3.05, 3.63) is 60.2 Å². The highest BCUT2D eigenvalue weighted by molar-refractivity contribution is 7.89. The molecule has 0 aliphatic heterocycles. The fraction of sp³-hybridized carbons (Fsp3) is 0.250. The molecule has 6 heteroatoms. The van der Waals surface area contributed by atoms with Gasteiger partial charge in [0.05, 0.1) is 11.5 Å². The van der Waals surface area contributed by atoms with Gasteiger partial charge in [-0.1, -0.05) is 30.3 Å². The zero-order valence-corrected chi connectivity index (χ0v) is 13.2. The van der Waals surface area contributed by atoms with Crippen LogP contribution < -0.4 is 9.46 Å². The largest absolute Gasteiger partial charge is 0.491 e. The molecule has 0 saturated carbocycles. The highest BCUT2D eigenvalue weighted by atomic mass is 32.2. The first-order valence-corrected chi connectivity index (χ1v) is 8.35. The lowest BCUT2D eigenvalue weighted by Crippen LogP contribution is -2.23. The van der Waals surface area contributed by atoms with Gasteiger partial charge in [-0.25, -0.2) is 13.1 Å². The molecule has 0 amide bonds. The molecule has 0 fully saturated rings. The summed E-state index contributed by atoms with van der Waals surface area (Å²) in [5.74, 6) is 0.610. The second kappa shape index (κ2) is 7.93. The van der Waals surface area contributed by atoms with Gasteiger partial charge in [-0.15, -0.1) is 0 Å². The average Bonchev–Trinajstić information content (AvgIpc) is 2.55. The summed E-state index contributed by atoms with van der Waals surface area (Å²) in [6.07, 6.45) is 0. The summed E-state index contributed by atoms with van der Waals surface area (Å²) >= 11 is 0. The van der Waals surface area contributed by atoms with Crippen LogP contribution in [-0.2, 0) is 21.3 Å². The molecule has 0 bridgehead atoms. The van der Waals surface area contributed by atoms with E-state index >= 15 is 0 Å². The van der Waals surface area contributed by atoms with Crippen LogP contribution in [0.4, 0.5) is 0 Å². The van der Waals surface area contributed by atoms with Crippen molar-refractivity contribution in [2.75, 3.05) is 20.3 Å². The lowest BCUT2D eigenvalue weighted by molar-refractivity contribution is 0.146. The van der Waals surface area contributed by atoms with Gasteiger partial charge < -0.3 is 9.47 Å². The van der Waals surface area contributed by atoms with Gasteiger partial charge in [0.15, 0.2) is 0 Å². The van der Waals surface area contributed by atoms with Crippen molar-refractivity contribution in [3.8, 4) is 5.75 Å².